The normalized spacial score (nSPS) is 13.5. The standard InChI is InChI=1S/C7H4N2O3/c10-4-2-1-3-5(6(4)11)9-7(12)8-3/h1-2,10-11H. The summed E-state index contributed by atoms with van der Waals surface area (Å²) in [6.07, 6.45) is 0. The molecule has 5 heteroatoms. The number of carbonyl (C=O) groups is 1. The van der Waals surface area contributed by atoms with E-state index in [0.717, 1.165) is 0 Å². The summed E-state index contributed by atoms with van der Waals surface area (Å²) in [7, 11) is 0. The van der Waals surface area contributed by atoms with E-state index >= 15 is 0 Å². The highest BCUT2D eigenvalue weighted by molar-refractivity contribution is 5.77. The van der Waals surface area contributed by atoms with Crippen molar-refractivity contribution in [2.75, 3.05) is 0 Å². The highest BCUT2D eigenvalue weighted by atomic mass is 16.3. The third kappa shape index (κ3) is 0.763. The van der Waals surface area contributed by atoms with Crippen LogP contribution < -0.4 is 10.7 Å². The van der Waals surface area contributed by atoms with E-state index in [1.165, 1.54) is 12.1 Å². The van der Waals surface area contributed by atoms with Gasteiger partial charge in [0, 0.05) is 0 Å². The van der Waals surface area contributed by atoms with Crippen molar-refractivity contribution in [1.82, 2.24) is 0 Å². The van der Waals surface area contributed by atoms with Crippen LogP contribution in [0.1, 0.15) is 0 Å². The van der Waals surface area contributed by atoms with Crippen molar-refractivity contribution in [2.45, 2.75) is 0 Å². The van der Waals surface area contributed by atoms with Crippen molar-refractivity contribution in [2.24, 2.45) is 9.98 Å². The molecule has 0 unspecified atom stereocenters. The molecule has 2 N–H and O–H groups in total. The van der Waals surface area contributed by atoms with Gasteiger partial charge in [0.15, 0.2) is 11.5 Å². The SMILES string of the molecule is O=C1N=c2ccc(O)c(O)c2=N1. The summed E-state index contributed by atoms with van der Waals surface area (Å²) in [4.78, 5) is 17.5. The van der Waals surface area contributed by atoms with E-state index in [1.807, 2.05) is 0 Å². The maximum Gasteiger partial charge on any atom is 0.368 e. The Morgan fingerprint density at radius 3 is 2.67 bits per heavy atom. The number of nitrogens with zero attached hydrogens (tertiary/aromatic N) is 2. The van der Waals surface area contributed by atoms with Crippen LogP contribution in [0, 0.1) is 0 Å². The molecular weight excluding hydrogens is 160 g/mol. The smallest absolute Gasteiger partial charge is 0.368 e. The second-order valence-corrected chi connectivity index (χ2v) is 2.31. The first-order valence-electron chi connectivity index (χ1n) is 3.21. The molecule has 5 nitrogen and oxygen atoms in total. The van der Waals surface area contributed by atoms with Crippen LogP contribution in [0.2, 0.25) is 0 Å². The van der Waals surface area contributed by atoms with E-state index in [-0.39, 0.29) is 16.5 Å². The van der Waals surface area contributed by atoms with Crippen LogP contribution in [-0.2, 0) is 0 Å². The van der Waals surface area contributed by atoms with Crippen LogP contribution in [0.4, 0.5) is 4.79 Å². The fourth-order valence-electron chi connectivity index (χ4n) is 0.982. The van der Waals surface area contributed by atoms with Gasteiger partial charge >= 0.3 is 6.03 Å². The molecule has 2 amide bonds. The first-order chi connectivity index (χ1) is 5.68. The van der Waals surface area contributed by atoms with Gasteiger partial charge in [-0.3, -0.25) is 0 Å². The molecule has 2 rings (SSSR count). The maximum atomic E-state index is 10.6. The lowest BCUT2D eigenvalue weighted by molar-refractivity contribution is 0.256. The summed E-state index contributed by atoms with van der Waals surface area (Å²) in [6.45, 7) is 0. The van der Waals surface area contributed by atoms with Crippen LogP contribution in [0.25, 0.3) is 0 Å². The lowest BCUT2D eigenvalue weighted by Crippen LogP contribution is -2.21. The highest BCUT2D eigenvalue weighted by Crippen LogP contribution is 2.16. The van der Waals surface area contributed by atoms with Gasteiger partial charge in [-0.2, -0.15) is 9.98 Å². The molecular formula is C7H4N2O3. The Bertz CT molecular complexity index is 478. The van der Waals surface area contributed by atoms with Gasteiger partial charge in [0.25, 0.3) is 0 Å². The number of fused-ring (bicyclic) bond motifs is 1. The van der Waals surface area contributed by atoms with Crippen LogP contribution in [0.3, 0.4) is 0 Å². The second-order valence-electron chi connectivity index (χ2n) is 2.31. The van der Waals surface area contributed by atoms with E-state index in [4.69, 9.17) is 5.11 Å². The molecule has 0 spiro atoms. The summed E-state index contributed by atoms with van der Waals surface area (Å²) < 4.78 is 0. The average Bonchev–Trinajstić information content (AvgIpc) is 2.39. The zero-order valence-electron chi connectivity index (χ0n) is 5.85. The number of aromatic hydroxyl groups is 2. The number of rotatable bonds is 0. The summed E-state index contributed by atoms with van der Waals surface area (Å²) in [5, 5.41) is 18.5. The van der Waals surface area contributed by atoms with E-state index in [1.54, 1.807) is 0 Å². The molecule has 1 heterocycles. The van der Waals surface area contributed by atoms with Crippen molar-refractivity contribution in [3.8, 4) is 11.5 Å². The van der Waals surface area contributed by atoms with Crippen molar-refractivity contribution in [3.63, 3.8) is 0 Å². The number of phenols is 2. The van der Waals surface area contributed by atoms with Gasteiger partial charge in [0.05, 0.1) is 5.36 Å². The molecule has 1 aliphatic heterocycles. The quantitative estimate of drug-likeness (QED) is 0.505. The number of hydrogen-bond donors (Lipinski definition) is 2. The zero-order valence-corrected chi connectivity index (χ0v) is 5.85. The third-order valence-electron chi connectivity index (χ3n) is 1.53. The lowest BCUT2D eigenvalue weighted by Gasteiger charge is -1.92. The third-order valence-corrected chi connectivity index (χ3v) is 1.53. The Kier molecular flexibility index (Phi) is 1.15. The summed E-state index contributed by atoms with van der Waals surface area (Å²) in [5.74, 6) is -0.704. The van der Waals surface area contributed by atoms with Crippen molar-refractivity contribution >= 4 is 6.03 Å². The van der Waals surface area contributed by atoms with Crippen LogP contribution in [0.15, 0.2) is 22.1 Å². The van der Waals surface area contributed by atoms with E-state index in [2.05, 4.69) is 9.98 Å². The van der Waals surface area contributed by atoms with Gasteiger partial charge in [-0.1, -0.05) is 0 Å². The molecule has 0 aromatic heterocycles. The molecule has 1 aliphatic rings. The van der Waals surface area contributed by atoms with E-state index < -0.39 is 11.8 Å². The van der Waals surface area contributed by atoms with Crippen molar-refractivity contribution in [1.29, 1.82) is 0 Å². The topological polar surface area (TPSA) is 82.2 Å². The first-order valence-corrected chi connectivity index (χ1v) is 3.21. The lowest BCUT2D eigenvalue weighted by atomic mass is 10.3. The Morgan fingerprint density at radius 2 is 1.92 bits per heavy atom. The van der Waals surface area contributed by atoms with Crippen LogP contribution in [0.5, 0.6) is 11.5 Å². The van der Waals surface area contributed by atoms with Crippen molar-refractivity contribution in [3.05, 3.63) is 22.8 Å². The van der Waals surface area contributed by atoms with Gasteiger partial charge in [-0.25, -0.2) is 4.79 Å². The van der Waals surface area contributed by atoms with Gasteiger partial charge < -0.3 is 10.2 Å². The van der Waals surface area contributed by atoms with Gasteiger partial charge in [-0.15, -0.1) is 0 Å². The highest BCUT2D eigenvalue weighted by Gasteiger charge is 2.10. The molecule has 60 valence electrons. The fraction of sp³-hybridized carbons (Fsp3) is 0. The second kappa shape index (κ2) is 2.04. The summed E-state index contributed by atoms with van der Waals surface area (Å²) >= 11 is 0. The predicted octanol–water partition coefficient (Wildman–Crippen LogP) is -0.529. The van der Waals surface area contributed by atoms with E-state index in [0.29, 0.717) is 0 Å². The molecule has 0 fully saturated rings. The minimum Gasteiger partial charge on any atom is -0.504 e. The Labute approximate surface area is 66.3 Å². The Morgan fingerprint density at radius 1 is 1.17 bits per heavy atom. The monoisotopic (exact) mass is 164 g/mol. The number of benzene rings is 1. The predicted molar refractivity (Wildman–Crippen MR) is 37.5 cm³/mol. The molecule has 0 aliphatic carbocycles. The Hall–Kier alpha value is -1.91. The minimum absolute atomic E-state index is 0.0417. The number of urea groups is 1. The molecule has 1 aromatic carbocycles. The number of phenolic OH excluding ortho intramolecular Hbond substituents is 2. The minimum atomic E-state index is -0.661. The fourth-order valence-corrected chi connectivity index (χ4v) is 0.982. The summed E-state index contributed by atoms with van der Waals surface area (Å²) in [6, 6.07) is 2.01. The Balaban J connectivity index is 2.96. The number of hydrogen-bond acceptors (Lipinski definition) is 3. The maximum absolute atomic E-state index is 10.6. The van der Waals surface area contributed by atoms with Gasteiger partial charge in [0.1, 0.15) is 5.36 Å². The molecule has 0 saturated carbocycles. The van der Waals surface area contributed by atoms with Crippen LogP contribution >= 0.6 is 0 Å². The first kappa shape index (κ1) is 6.78. The molecule has 0 atom stereocenters. The molecule has 12 heavy (non-hydrogen) atoms. The van der Waals surface area contributed by atoms with Gasteiger partial charge in [0.2, 0.25) is 0 Å². The number of amides is 2. The number of carbonyl (C=O) groups excluding carboxylic acids is 1. The van der Waals surface area contributed by atoms with Crippen molar-refractivity contribution < 1.29 is 15.0 Å². The van der Waals surface area contributed by atoms with E-state index in [9.17, 15) is 9.90 Å². The largest absolute Gasteiger partial charge is 0.504 e. The molecule has 0 radical (unpaired) electrons. The zero-order chi connectivity index (χ0) is 8.72. The van der Waals surface area contributed by atoms with Gasteiger partial charge in [-0.05, 0) is 12.1 Å². The molecule has 1 aromatic rings. The summed E-state index contributed by atoms with van der Waals surface area (Å²) in [5.41, 5.74) is 0. The average molecular weight is 164 g/mol. The van der Waals surface area contributed by atoms with Crippen LogP contribution in [-0.4, -0.2) is 16.2 Å². The molecule has 0 saturated heterocycles. The molecule has 0 bridgehead atoms.